The molecule has 2 aromatic rings. The summed E-state index contributed by atoms with van der Waals surface area (Å²) in [7, 11) is 0. The van der Waals surface area contributed by atoms with Gasteiger partial charge in [0.25, 0.3) is 0 Å². The molecule has 0 amide bonds. The van der Waals surface area contributed by atoms with E-state index in [0.717, 1.165) is 11.4 Å². The lowest BCUT2D eigenvalue weighted by Gasteiger charge is -1.94. The molecule has 0 N–H and O–H groups in total. The van der Waals surface area contributed by atoms with Crippen LogP contribution < -0.4 is 0 Å². The Morgan fingerprint density at radius 1 is 1.50 bits per heavy atom. The summed E-state index contributed by atoms with van der Waals surface area (Å²) in [5.74, 6) is 0. The second-order valence-electron chi connectivity index (χ2n) is 2.99. The zero-order chi connectivity index (χ0) is 8.72. The number of aryl methyl sites for hydroxylation is 3. The molecule has 0 atom stereocenters. The summed E-state index contributed by atoms with van der Waals surface area (Å²) >= 11 is 1.72. The number of fused-ring (bicyclic) bond motifs is 1. The lowest BCUT2D eigenvalue weighted by Crippen LogP contribution is -1.89. The van der Waals surface area contributed by atoms with Crippen LogP contribution in [-0.4, -0.2) is 9.38 Å². The molecule has 0 radical (unpaired) electrons. The van der Waals surface area contributed by atoms with E-state index >= 15 is 0 Å². The Labute approximate surface area is 75.9 Å². The largest absolute Gasteiger partial charge is 0.292 e. The van der Waals surface area contributed by atoms with Gasteiger partial charge in [-0.15, -0.1) is 11.3 Å². The zero-order valence-electron chi connectivity index (χ0n) is 7.59. The summed E-state index contributed by atoms with van der Waals surface area (Å²) < 4.78 is 2.23. The van der Waals surface area contributed by atoms with Crippen molar-refractivity contribution in [3.8, 4) is 0 Å². The van der Waals surface area contributed by atoms with Crippen molar-refractivity contribution < 1.29 is 0 Å². The highest BCUT2D eigenvalue weighted by molar-refractivity contribution is 7.15. The highest BCUT2D eigenvalue weighted by Crippen LogP contribution is 2.20. The molecule has 2 aromatic heterocycles. The molecular formula is C9H12N2S. The summed E-state index contributed by atoms with van der Waals surface area (Å²) in [6.07, 6.45) is 1.03. The number of thiazole rings is 1. The fraction of sp³-hybridized carbons (Fsp3) is 0.444. The number of rotatable bonds is 1. The third kappa shape index (κ3) is 0.894. The summed E-state index contributed by atoms with van der Waals surface area (Å²) in [6, 6.07) is 0. The summed E-state index contributed by atoms with van der Waals surface area (Å²) in [6.45, 7) is 6.41. The van der Waals surface area contributed by atoms with Crippen LogP contribution in [0.25, 0.3) is 4.96 Å². The lowest BCUT2D eigenvalue weighted by molar-refractivity contribution is 1.00. The molecule has 0 fully saturated rings. The van der Waals surface area contributed by atoms with Gasteiger partial charge in [-0.2, -0.15) is 0 Å². The lowest BCUT2D eigenvalue weighted by atomic mass is 10.3. The Bertz CT molecular complexity index is 411. The summed E-state index contributed by atoms with van der Waals surface area (Å²) in [4.78, 5) is 5.66. The van der Waals surface area contributed by atoms with Crippen LogP contribution in [0.15, 0.2) is 5.38 Å². The third-order valence-corrected chi connectivity index (χ3v) is 3.14. The first-order valence-corrected chi connectivity index (χ1v) is 5.04. The minimum absolute atomic E-state index is 1.03. The average Bonchev–Trinajstić information content (AvgIpc) is 2.55. The molecule has 0 aliphatic rings. The van der Waals surface area contributed by atoms with Crippen LogP contribution in [0.5, 0.6) is 0 Å². The van der Waals surface area contributed by atoms with Crippen molar-refractivity contribution in [3.05, 3.63) is 22.5 Å². The van der Waals surface area contributed by atoms with Gasteiger partial charge in [-0.3, -0.25) is 4.40 Å². The topological polar surface area (TPSA) is 17.3 Å². The van der Waals surface area contributed by atoms with E-state index in [-0.39, 0.29) is 0 Å². The molecule has 0 saturated heterocycles. The standard InChI is InChI=1S/C9H12N2S/c1-4-8-7(3)11-6(2)5-12-9(11)10-8/h5H,4H2,1-3H3. The second kappa shape index (κ2) is 2.59. The SMILES string of the molecule is CCc1nc2scc(C)n2c1C. The van der Waals surface area contributed by atoms with Crippen molar-refractivity contribution in [1.29, 1.82) is 0 Å². The van der Waals surface area contributed by atoms with E-state index in [1.807, 2.05) is 0 Å². The van der Waals surface area contributed by atoms with E-state index in [1.165, 1.54) is 17.1 Å². The third-order valence-electron chi connectivity index (χ3n) is 2.20. The molecule has 0 aliphatic carbocycles. The predicted molar refractivity (Wildman–Crippen MR) is 51.9 cm³/mol. The highest BCUT2D eigenvalue weighted by Gasteiger charge is 2.08. The van der Waals surface area contributed by atoms with E-state index in [9.17, 15) is 0 Å². The molecule has 2 heterocycles. The number of hydrogen-bond acceptors (Lipinski definition) is 2. The molecule has 0 bridgehead atoms. The molecule has 3 heteroatoms. The maximum absolute atomic E-state index is 4.53. The first-order valence-electron chi connectivity index (χ1n) is 4.16. The number of hydrogen-bond donors (Lipinski definition) is 0. The van der Waals surface area contributed by atoms with Gasteiger partial charge < -0.3 is 0 Å². The van der Waals surface area contributed by atoms with Gasteiger partial charge in [-0.1, -0.05) is 6.92 Å². The van der Waals surface area contributed by atoms with E-state index < -0.39 is 0 Å². The smallest absolute Gasteiger partial charge is 0.194 e. The maximum Gasteiger partial charge on any atom is 0.194 e. The van der Waals surface area contributed by atoms with Crippen LogP contribution in [0, 0.1) is 13.8 Å². The van der Waals surface area contributed by atoms with E-state index in [2.05, 4.69) is 35.5 Å². The zero-order valence-corrected chi connectivity index (χ0v) is 8.40. The molecule has 0 unspecified atom stereocenters. The van der Waals surface area contributed by atoms with Gasteiger partial charge in [0, 0.05) is 16.8 Å². The molecule has 12 heavy (non-hydrogen) atoms. The fourth-order valence-electron chi connectivity index (χ4n) is 1.54. The van der Waals surface area contributed by atoms with Gasteiger partial charge in [0.05, 0.1) is 5.69 Å². The molecule has 64 valence electrons. The molecular weight excluding hydrogens is 168 g/mol. The van der Waals surface area contributed by atoms with Crippen molar-refractivity contribution in [1.82, 2.24) is 9.38 Å². The van der Waals surface area contributed by atoms with Gasteiger partial charge >= 0.3 is 0 Å². The van der Waals surface area contributed by atoms with Gasteiger partial charge in [0.2, 0.25) is 0 Å². The van der Waals surface area contributed by atoms with Crippen LogP contribution in [0.2, 0.25) is 0 Å². The average molecular weight is 180 g/mol. The Balaban J connectivity index is 2.80. The molecule has 0 saturated carbocycles. The Kier molecular flexibility index (Phi) is 1.68. The predicted octanol–water partition coefficient (Wildman–Crippen LogP) is 2.58. The van der Waals surface area contributed by atoms with Crippen LogP contribution in [0.4, 0.5) is 0 Å². The maximum atomic E-state index is 4.53. The van der Waals surface area contributed by atoms with E-state index in [1.54, 1.807) is 11.3 Å². The molecule has 2 nitrogen and oxygen atoms in total. The van der Waals surface area contributed by atoms with Crippen molar-refractivity contribution in [3.63, 3.8) is 0 Å². The second-order valence-corrected chi connectivity index (χ2v) is 3.83. The highest BCUT2D eigenvalue weighted by atomic mass is 32.1. The first-order chi connectivity index (χ1) is 5.74. The molecule has 0 spiro atoms. The Hall–Kier alpha value is -0.830. The Morgan fingerprint density at radius 2 is 2.25 bits per heavy atom. The van der Waals surface area contributed by atoms with Crippen molar-refractivity contribution in [2.24, 2.45) is 0 Å². The molecule has 0 aromatic carbocycles. The summed E-state index contributed by atoms with van der Waals surface area (Å²) in [5.41, 5.74) is 3.82. The van der Waals surface area contributed by atoms with Crippen LogP contribution >= 0.6 is 11.3 Å². The Morgan fingerprint density at radius 3 is 2.83 bits per heavy atom. The first kappa shape index (κ1) is 7.80. The number of imidazole rings is 1. The van der Waals surface area contributed by atoms with Crippen LogP contribution in [0.1, 0.15) is 24.0 Å². The van der Waals surface area contributed by atoms with Crippen LogP contribution in [-0.2, 0) is 6.42 Å². The minimum Gasteiger partial charge on any atom is -0.292 e. The quantitative estimate of drug-likeness (QED) is 0.659. The van der Waals surface area contributed by atoms with Gasteiger partial charge in [-0.05, 0) is 20.3 Å². The normalized spacial score (nSPS) is 11.2. The van der Waals surface area contributed by atoms with Crippen molar-refractivity contribution >= 4 is 16.3 Å². The summed E-state index contributed by atoms with van der Waals surface area (Å²) in [5, 5.41) is 2.15. The number of aromatic nitrogens is 2. The molecule has 0 aliphatic heterocycles. The van der Waals surface area contributed by atoms with Crippen LogP contribution in [0.3, 0.4) is 0 Å². The molecule has 2 rings (SSSR count). The van der Waals surface area contributed by atoms with E-state index in [4.69, 9.17) is 0 Å². The van der Waals surface area contributed by atoms with Gasteiger partial charge in [-0.25, -0.2) is 4.98 Å². The van der Waals surface area contributed by atoms with Gasteiger partial charge in [0.1, 0.15) is 0 Å². The fourth-order valence-corrected chi connectivity index (χ4v) is 2.47. The van der Waals surface area contributed by atoms with Gasteiger partial charge in [0.15, 0.2) is 4.96 Å². The van der Waals surface area contributed by atoms with E-state index in [0.29, 0.717) is 0 Å². The van der Waals surface area contributed by atoms with Crippen molar-refractivity contribution in [2.45, 2.75) is 27.2 Å². The monoisotopic (exact) mass is 180 g/mol. The minimum atomic E-state index is 1.03. The number of nitrogens with zero attached hydrogens (tertiary/aromatic N) is 2. The van der Waals surface area contributed by atoms with Crippen molar-refractivity contribution in [2.75, 3.05) is 0 Å².